The first kappa shape index (κ1) is 18.2. The van der Waals surface area contributed by atoms with E-state index in [2.05, 4.69) is 55.0 Å². The minimum Gasteiger partial charge on any atom is -0.370 e. The normalized spacial score (nSPS) is 11.7. The zero-order valence-corrected chi connectivity index (χ0v) is 14.7. The molecule has 0 saturated heterocycles. The van der Waals surface area contributed by atoms with Crippen molar-refractivity contribution in [3.8, 4) is 0 Å². The molecule has 4 nitrogen and oxygen atoms in total. The molecule has 0 fully saturated rings. The van der Waals surface area contributed by atoms with Crippen LogP contribution in [0, 0.1) is 5.92 Å². The summed E-state index contributed by atoms with van der Waals surface area (Å²) in [5.41, 5.74) is 0.953. The summed E-state index contributed by atoms with van der Waals surface area (Å²) < 4.78 is 0. The highest BCUT2D eigenvalue weighted by molar-refractivity contribution is 6.31. The molecule has 21 heavy (non-hydrogen) atoms. The molecule has 0 aliphatic carbocycles. The van der Waals surface area contributed by atoms with Crippen molar-refractivity contribution in [3.05, 3.63) is 22.8 Å². The molecule has 1 aromatic rings. The third kappa shape index (κ3) is 7.11. The molecule has 0 aromatic carbocycles. The van der Waals surface area contributed by atoms with Gasteiger partial charge in [0.1, 0.15) is 5.82 Å². The van der Waals surface area contributed by atoms with Gasteiger partial charge in [-0.25, -0.2) is 4.98 Å². The summed E-state index contributed by atoms with van der Waals surface area (Å²) in [5, 5.41) is 3.99. The van der Waals surface area contributed by atoms with Crippen LogP contribution in [0.1, 0.15) is 26.5 Å². The Kier molecular flexibility index (Phi) is 8.01. The number of hydrogen-bond acceptors (Lipinski definition) is 4. The van der Waals surface area contributed by atoms with Crippen molar-refractivity contribution in [1.82, 2.24) is 14.8 Å². The maximum absolute atomic E-state index is 6.31. The Morgan fingerprint density at radius 3 is 2.52 bits per heavy atom. The molecule has 0 unspecified atom stereocenters. The van der Waals surface area contributed by atoms with Crippen LogP contribution in [0.25, 0.3) is 0 Å². The molecule has 120 valence electrons. The van der Waals surface area contributed by atoms with Crippen LogP contribution >= 0.6 is 11.6 Å². The molecular weight excluding hydrogens is 284 g/mol. The lowest BCUT2D eigenvalue weighted by Crippen LogP contribution is -2.34. The van der Waals surface area contributed by atoms with E-state index in [0.29, 0.717) is 5.92 Å². The van der Waals surface area contributed by atoms with E-state index in [1.807, 2.05) is 12.1 Å². The maximum Gasteiger partial charge on any atom is 0.126 e. The molecule has 1 rings (SSSR count). The Bertz CT molecular complexity index is 421. The van der Waals surface area contributed by atoms with E-state index in [1.54, 1.807) is 0 Å². The van der Waals surface area contributed by atoms with Crippen molar-refractivity contribution in [3.63, 3.8) is 0 Å². The highest BCUT2D eigenvalue weighted by atomic mass is 35.5. The van der Waals surface area contributed by atoms with Gasteiger partial charge >= 0.3 is 0 Å². The molecular formula is C16H29ClN4. The van der Waals surface area contributed by atoms with Gasteiger partial charge < -0.3 is 10.2 Å². The van der Waals surface area contributed by atoms with Crippen molar-refractivity contribution >= 4 is 17.4 Å². The monoisotopic (exact) mass is 312 g/mol. The van der Waals surface area contributed by atoms with Gasteiger partial charge in [-0.3, -0.25) is 4.90 Å². The Morgan fingerprint density at radius 1 is 1.24 bits per heavy atom. The van der Waals surface area contributed by atoms with Gasteiger partial charge in [0.15, 0.2) is 0 Å². The molecule has 0 bridgehead atoms. The first-order valence-electron chi connectivity index (χ1n) is 7.68. The van der Waals surface area contributed by atoms with E-state index in [1.165, 1.54) is 0 Å². The van der Waals surface area contributed by atoms with Gasteiger partial charge in [-0.15, -0.1) is 0 Å². The standard InChI is InChI=1S/C16H29ClN4/c1-6-18-16-8-7-14(17)15(19-16)12-21(11-13(2)3)10-9-20(4)5/h7-8,13H,6,9-12H2,1-5H3,(H,18,19). The second kappa shape index (κ2) is 9.23. The molecule has 0 spiro atoms. The third-order valence-electron chi connectivity index (χ3n) is 3.14. The lowest BCUT2D eigenvalue weighted by atomic mass is 10.2. The Hall–Kier alpha value is -0.840. The van der Waals surface area contributed by atoms with Crippen LogP contribution in [0.3, 0.4) is 0 Å². The second-order valence-corrected chi connectivity index (χ2v) is 6.49. The smallest absolute Gasteiger partial charge is 0.126 e. The SMILES string of the molecule is CCNc1ccc(Cl)c(CN(CCN(C)C)CC(C)C)n1. The largest absolute Gasteiger partial charge is 0.370 e. The Labute approximate surface area is 134 Å². The Balaban J connectivity index is 2.78. The average Bonchev–Trinajstić information content (AvgIpc) is 2.39. The lowest BCUT2D eigenvalue weighted by Gasteiger charge is -2.26. The van der Waals surface area contributed by atoms with Gasteiger partial charge in [0.2, 0.25) is 0 Å². The van der Waals surface area contributed by atoms with Gasteiger partial charge in [-0.2, -0.15) is 0 Å². The summed E-state index contributed by atoms with van der Waals surface area (Å²) in [6, 6.07) is 3.86. The maximum atomic E-state index is 6.31. The number of pyridine rings is 1. The predicted octanol–water partition coefficient (Wildman–Crippen LogP) is 3.19. The van der Waals surface area contributed by atoms with Gasteiger partial charge in [-0.05, 0) is 39.1 Å². The van der Waals surface area contributed by atoms with Crippen LogP contribution in [0.4, 0.5) is 5.82 Å². The lowest BCUT2D eigenvalue weighted by molar-refractivity contribution is 0.210. The zero-order valence-electron chi connectivity index (χ0n) is 14.0. The summed E-state index contributed by atoms with van der Waals surface area (Å²) in [4.78, 5) is 9.27. The summed E-state index contributed by atoms with van der Waals surface area (Å²) in [6.07, 6.45) is 0. The fraction of sp³-hybridized carbons (Fsp3) is 0.688. The minimum absolute atomic E-state index is 0.628. The average molecular weight is 313 g/mol. The topological polar surface area (TPSA) is 31.4 Å². The van der Waals surface area contributed by atoms with Crippen molar-refractivity contribution < 1.29 is 0 Å². The predicted molar refractivity (Wildman–Crippen MR) is 92.1 cm³/mol. The van der Waals surface area contributed by atoms with Gasteiger partial charge in [0.25, 0.3) is 0 Å². The first-order chi connectivity index (χ1) is 9.92. The number of aromatic nitrogens is 1. The van der Waals surface area contributed by atoms with Gasteiger partial charge in [0, 0.05) is 32.7 Å². The molecule has 1 heterocycles. The number of halogens is 1. The molecule has 1 aromatic heterocycles. The fourth-order valence-corrected chi connectivity index (χ4v) is 2.34. The Morgan fingerprint density at radius 2 is 1.95 bits per heavy atom. The molecule has 0 saturated carbocycles. The summed E-state index contributed by atoms with van der Waals surface area (Å²) in [7, 11) is 4.20. The van der Waals surface area contributed by atoms with Gasteiger partial charge in [0.05, 0.1) is 10.7 Å². The molecule has 0 atom stereocenters. The summed E-state index contributed by atoms with van der Waals surface area (Å²) in [6.45, 7) is 11.3. The number of hydrogen-bond donors (Lipinski definition) is 1. The van der Waals surface area contributed by atoms with Crippen LogP contribution in [0.2, 0.25) is 5.02 Å². The highest BCUT2D eigenvalue weighted by Crippen LogP contribution is 2.19. The van der Waals surface area contributed by atoms with Crippen LogP contribution in [0.5, 0.6) is 0 Å². The molecule has 0 aliphatic rings. The zero-order chi connectivity index (χ0) is 15.8. The third-order valence-corrected chi connectivity index (χ3v) is 3.48. The van der Waals surface area contributed by atoms with Crippen molar-refractivity contribution in [2.45, 2.75) is 27.3 Å². The molecule has 5 heteroatoms. The van der Waals surface area contributed by atoms with Crippen LogP contribution < -0.4 is 5.32 Å². The number of anilines is 1. The molecule has 0 aliphatic heterocycles. The first-order valence-corrected chi connectivity index (χ1v) is 8.06. The number of nitrogens with one attached hydrogen (secondary N) is 1. The highest BCUT2D eigenvalue weighted by Gasteiger charge is 2.12. The van der Waals surface area contributed by atoms with Crippen LogP contribution in [-0.4, -0.2) is 55.1 Å². The summed E-state index contributed by atoms with van der Waals surface area (Å²) in [5.74, 6) is 1.52. The number of rotatable bonds is 9. The van der Waals surface area contributed by atoms with E-state index in [-0.39, 0.29) is 0 Å². The second-order valence-electron chi connectivity index (χ2n) is 6.09. The fourth-order valence-electron chi connectivity index (χ4n) is 2.18. The van der Waals surface area contributed by atoms with E-state index in [4.69, 9.17) is 11.6 Å². The van der Waals surface area contributed by atoms with E-state index in [0.717, 1.165) is 49.3 Å². The number of likely N-dealkylation sites (N-methyl/N-ethyl adjacent to an activating group) is 1. The molecule has 0 amide bonds. The van der Waals surface area contributed by atoms with E-state index in [9.17, 15) is 0 Å². The van der Waals surface area contributed by atoms with E-state index >= 15 is 0 Å². The van der Waals surface area contributed by atoms with Crippen LogP contribution in [0.15, 0.2) is 12.1 Å². The van der Waals surface area contributed by atoms with Crippen molar-refractivity contribution in [1.29, 1.82) is 0 Å². The number of nitrogens with zero attached hydrogens (tertiary/aromatic N) is 3. The van der Waals surface area contributed by atoms with E-state index < -0.39 is 0 Å². The minimum atomic E-state index is 0.628. The van der Waals surface area contributed by atoms with Crippen molar-refractivity contribution in [2.24, 2.45) is 5.92 Å². The summed E-state index contributed by atoms with van der Waals surface area (Å²) >= 11 is 6.31. The quantitative estimate of drug-likeness (QED) is 0.759. The van der Waals surface area contributed by atoms with Crippen molar-refractivity contribution in [2.75, 3.05) is 45.6 Å². The molecule has 0 radical (unpaired) electrons. The van der Waals surface area contributed by atoms with Gasteiger partial charge in [-0.1, -0.05) is 25.4 Å². The van der Waals surface area contributed by atoms with Crippen LogP contribution in [-0.2, 0) is 6.54 Å². The molecule has 1 N–H and O–H groups in total.